The summed E-state index contributed by atoms with van der Waals surface area (Å²) in [6.45, 7) is 5.85. The summed E-state index contributed by atoms with van der Waals surface area (Å²) in [4.78, 5) is 0. The average Bonchev–Trinajstić information content (AvgIpc) is 2.36. The molecule has 1 aromatic carbocycles. The number of hydrogen-bond donors (Lipinski definition) is 1. The minimum Gasteiger partial charge on any atom is -0.493 e. The van der Waals surface area contributed by atoms with Gasteiger partial charge in [0.15, 0.2) is 11.5 Å². The number of nitrogens with one attached hydrogen (secondary N) is 1. The van der Waals surface area contributed by atoms with E-state index in [-0.39, 0.29) is 0 Å². The van der Waals surface area contributed by atoms with Gasteiger partial charge in [0.2, 0.25) is 0 Å². The van der Waals surface area contributed by atoms with E-state index < -0.39 is 0 Å². The Morgan fingerprint density at radius 3 is 2.67 bits per heavy atom. The molecule has 0 aliphatic heterocycles. The zero-order valence-electron chi connectivity index (χ0n) is 11.5. The Hall–Kier alpha value is -0.740. The normalized spacial score (nSPS) is 12.3. The number of benzene rings is 1. The monoisotopic (exact) mass is 315 g/mol. The summed E-state index contributed by atoms with van der Waals surface area (Å²) in [7, 11) is 3.59. The Kier molecular flexibility index (Phi) is 6.50. The van der Waals surface area contributed by atoms with Gasteiger partial charge in [-0.15, -0.1) is 0 Å². The van der Waals surface area contributed by atoms with Gasteiger partial charge >= 0.3 is 0 Å². The predicted molar refractivity (Wildman–Crippen MR) is 78.4 cm³/mol. The summed E-state index contributed by atoms with van der Waals surface area (Å²) in [5, 5.41) is 3.12. The molecule has 0 fully saturated rings. The van der Waals surface area contributed by atoms with E-state index in [1.54, 1.807) is 7.11 Å². The van der Waals surface area contributed by atoms with Crippen molar-refractivity contribution in [3.05, 3.63) is 22.2 Å². The average molecular weight is 316 g/mol. The highest BCUT2D eigenvalue weighted by Gasteiger charge is 2.12. The molecule has 0 aromatic heterocycles. The van der Waals surface area contributed by atoms with Gasteiger partial charge in [0.05, 0.1) is 18.2 Å². The fourth-order valence-electron chi connectivity index (χ4n) is 1.56. The molecule has 0 aliphatic carbocycles. The number of hydrogen-bond acceptors (Lipinski definition) is 3. The molecule has 0 heterocycles. The molecular weight excluding hydrogens is 294 g/mol. The Bertz CT molecular complexity index is 382. The number of methoxy groups -OCH3 is 1. The molecule has 4 heteroatoms. The molecule has 0 bridgehead atoms. The van der Waals surface area contributed by atoms with Crippen LogP contribution in [0, 0.1) is 5.92 Å². The lowest BCUT2D eigenvalue weighted by atomic mass is 10.1. The van der Waals surface area contributed by atoms with Crippen LogP contribution in [0.3, 0.4) is 0 Å². The molecule has 0 radical (unpaired) electrons. The van der Waals surface area contributed by atoms with Crippen LogP contribution in [0.15, 0.2) is 16.6 Å². The lowest BCUT2D eigenvalue weighted by Gasteiger charge is -2.16. The highest BCUT2D eigenvalue weighted by atomic mass is 79.9. The largest absolute Gasteiger partial charge is 0.493 e. The van der Waals surface area contributed by atoms with Gasteiger partial charge in [0.1, 0.15) is 0 Å². The molecule has 1 atom stereocenters. The molecule has 1 unspecified atom stereocenters. The van der Waals surface area contributed by atoms with Crippen LogP contribution in [0.4, 0.5) is 0 Å². The first-order valence-corrected chi connectivity index (χ1v) is 7.05. The molecule has 0 spiro atoms. The second kappa shape index (κ2) is 7.64. The van der Waals surface area contributed by atoms with Crippen LogP contribution < -0.4 is 14.8 Å². The maximum Gasteiger partial charge on any atom is 0.175 e. The van der Waals surface area contributed by atoms with Gasteiger partial charge in [-0.3, -0.25) is 0 Å². The third kappa shape index (κ3) is 4.18. The maximum absolute atomic E-state index is 5.85. The molecule has 3 nitrogen and oxygen atoms in total. The Morgan fingerprint density at radius 2 is 2.11 bits per heavy atom. The van der Waals surface area contributed by atoms with Gasteiger partial charge in [0.25, 0.3) is 0 Å². The van der Waals surface area contributed by atoms with Crippen LogP contribution in [0.2, 0.25) is 0 Å². The van der Waals surface area contributed by atoms with Crippen LogP contribution in [0.5, 0.6) is 11.5 Å². The van der Waals surface area contributed by atoms with E-state index in [1.165, 1.54) is 0 Å². The minimum absolute atomic E-state index is 0.540. The molecular formula is C14H22BrNO2. The first-order chi connectivity index (χ1) is 8.62. The Balaban J connectivity index is 2.89. The third-order valence-corrected chi connectivity index (χ3v) is 3.47. The van der Waals surface area contributed by atoms with Gasteiger partial charge in [0, 0.05) is 6.54 Å². The summed E-state index contributed by atoms with van der Waals surface area (Å²) >= 11 is 3.55. The van der Waals surface area contributed by atoms with Gasteiger partial charge in [-0.2, -0.15) is 0 Å². The fourth-order valence-corrected chi connectivity index (χ4v) is 2.17. The van der Waals surface area contributed by atoms with Crippen LogP contribution in [0.1, 0.15) is 25.8 Å². The standard InChI is InChI=1S/C14H22BrNO2/c1-5-10(2)9-18-14-12(15)6-11(8-16-3)7-13(14)17-4/h6-7,10,16H,5,8-9H2,1-4H3. The topological polar surface area (TPSA) is 30.5 Å². The lowest BCUT2D eigenvalue weighted by Crippen LogP contribution is -2.09. The zero-order chi connectivity index (χ0) is 13.5. The molecule has 18 heavy (non-hydrogen) atoms. The molecule has 102 valence electrons. The summed E-state index contributed by atoms with van der Waals surface area (Å²) in [6, 6.07) is 4.07. The molecule has 1 aromatic rings. The highest BCUT2D eigenvalue weighted by molar-refractivity contribution is 9.10. The smallest absolute Gasteiger partial charge is 0.175 e. The summed E-state index contributed by atoms with van der Waals surface area (Å²) in [5.41, 5.74) is 1.16. The van der Waals surface area contributed by atoms with E-state index in [0.29, 0.717) is 12.5 Å². The molecule has 0 aliphatic rings. The fraction of sp³-hybridized carbons (Fsp3) is 0.571. The minimum atomic E-state index is 0.540. The number of halogens is 1. The van der Waals surface area contributed by atoms with Crippen LogP contribution in [-0.2, 0) is 6.54 Å². The van der Waals surface area contributed by atoms with E-state index in [1.807, 2.05) is 13.1 Å². The van der Waals surface area contributed by atoms with Crippen molar-refractivity contribution < 1.29 is 9.47 Å². The molecule has 0 saturated heterocycles. The lowest BCUT2D eigenvalue weighted by molar-refractivity contribution is 0.243. The van der Waals surface area contributed by atoms with E-state index in [9.17, 15) is 0 Å². The SMILES string of the molecule is CCC(C)COc1c(Br)cc(CNC)cc1OC. The molecule has 1 N–H and O–H groups in total. The van der Waals surface area contributed by atoms with Crippen molar-refractivity contribution in [2.24, 2.45) is 5.92 Å². The quantitative estimate of drug-likeness (QED) is 0.834. The van der Waals surface area contributed by atoms with E-state index >= 15 is 0 Å². The second-order valence-electron chi connectivity index (χ2n) is 4.46. The first-order valence-electron chi connectivity index (χ1n) is 6.26. The van der Waals surface area contributed by atoms with Crippen molar-refractivity contribution in [3.8, 4) is 11.5 Å². The number of rotatable bonds is 7. The van der Waals surface area contributed by atoms with Gasteiger partial charge in [-0.1, -0.05) is 20.3 Å². The van der Waals surface area contributed by atoms with Crippen molar-refractivity contribution in [3.63, 3.8) is 0 Å². The zero-order valence-corrected chi connectivity index (χ0v) is 13.1. The highest BCUT2D eigenvalue weighted by Crippen LogP contribution is 2.37. The molecule has 0 amide bonds. The van der Waals surface area contributed by atoms with Crippen molar-refractivity contribution in [2.75, 3.05) is 20.8 Å². The molecule has 1 rings (SSSR count). The Morgan fingerprint density at radius 1 is 1.39 bits per heavy atom. The summed E-state index contributed by atoms with van der Waals surface area (Å²) in [6.07, 6.45) is 1.11. The number of ether oxygens (including phenoxy) is 2. The van der Waals surface area contributed by atoms with Crippen molar-refractivity contribution >= 4 is 15.9 Å². The van der Waals surface area contributed by atoms with Crippen molar-refractivity contribution in [2.45, 2.75) is 26.8 Å². The molecule has 0 saturated carbocycles. The van der Waals surface area contributed by atoms with Crippen LogP contribution >= 0.6 is 15.9 Å². The van der Waals surface area contributed by atoms with Gasteiger partial charge < -0.3 is 14.8 Å². The van der Waals surface area contributed by atoms with E-state index in [4.69, 9.17) is 9.47 Å². The predicted octanol–water partition coefficient (Wildman–Crippen LogP) is 3.60. The van der Waals surface area contributed by atoms with Crippen molar-refractivity contribution in [1.82, 2.24) is 5.32 Å². The van der Waals surface area contributed by atoms with Gasteiger partial charge in [-0.25, -0.2) is 0 Å². The van der Waals surface area contributed by atoms with E-state index in [2.05, 4.69) is 41.2 Å². The summed E-state index contributed by atoms with van der Waals surface area (Å²) < 4.78 is 12.2. The second-order valence-corrected chi connectivity index (χ2v) is 5.32. The summed E-state index contributed by atoms with van der Waals surface area (Å²) in [5.74, 6) is 2.11. The van der Waals surface area contributed by atoms with Crippen molar-refractivity contribution in [1.29, 1.82) is 0 Å². The van der Waals surface area contributed by atoms with E-state index in [0.717, 1.165) is 34.5 Å². The van der Waals surface area contributed by atoms with Crippen LogP contribution in [-0.4, -0.2) is 20.8 Å². The third-order valence-electron chi connectivity index (χ3n) is 2.88. The van der Waals surface area contributed by atoms with Crippen LogP contribution in [0.25, 0.3) is 0 Å². The van der Waals surface area contributed by atoms with Gasteiger partial charge in [-0.05, 0) is 46.6 Å². The maximum atomic E-state index is 5.85. The first kappa shape index (κ1) is 15.3. The Labute approximate surface area is 118 Å².